The van der Waals surface area contributed by atoms with Crippen molar-refractivity contribution in [3.8, 4) is 6.07 Å². The molecule has 0 saturated carbocycles. The molecule has 0 bridgehead atoms. The topological polar surface area (TPSA) is 27.0 Å². The van der Waals surface area contributed by atoms with Crippen LogP contribution in [0.15, 0.2) is 34.1 Å². The van der Waals surface area contributed by atoms with E-state index in [1.165, 1.54) is 4.88 Å². The molecule has 0 atom stereocenters. The molecule has 0 spiro atoms. The minimum absolute atomic E-state index is 0.637. The first kappa shape index (κ1) is 13.4. The standard InChI is InChI=1S/C13H10BrClN2S/c1-17(7-12-4-10(14)8-18-12)13-5-11(15)3-2-9(13)6-16/h2-5,8H,7H2,1H3. The van der Waals surface area contributed by atoms with Gasteiger partial charge in [0.05, 0.1) is 17.8 Å². The van der Waals surface area contributed by atoms with E-state index in [9.17, 15) is 0 Å². The number of anilines is 1. The van der Waals surface area contributed by atoms with E-state index in [0.29, 0.717) is 10.6 Å². The summed E-state index contributed by atoms with van der Waals surface area (Å²) in [7, 11) is 1.96. The highest BCUT2D eigenvalue weighted by molar-refractivity contribution is 9.10. The third kappa shape index (κ3) is 3.05. The molecule has 92 valence electrons. The second kappa shape index (κ2) is 5.75. The zero-order chi connectivity index (χ0) is 13.1. The third-order valence-corrected chi connectivity index (χ3v) is 4.42. The number of benzene rings is 1. The van der Waals surface area contributed by atoms with Gasteiger partial charge in [-0.2, -0.15) is 5.26 Å². The van der Waals surface area contributed by atoms with Crippen LogP contribution in [0.5, 0.6) is 0 Å². The third-order valence-electron chi connectivity index (χ3n) is 2.51. The number of hydrogen-bond donors (Lipinski definition) is 0. The van der Waals surface area contributed by atoms with Gasteiger partial charge in [-0.15, -0.1) is 11.3 Å². The van der Waals surface area contributed by atoms with Gasteiger partial charge in [0.15, 0.2) is 0 Å². The Labute approximate surface area is 124 Å². The van der Waals surface area contributed by atoms with Gasteiger partial charge in [-0.05, 0) is 40.2 Å². The Balaban J connectivity index is 2.26. The first-order chi connectivity index (χ1) is 8.60. The van der Waals surface area contributed by atoms with Gasteiger partial charge >= 0.3 is 0 Å². The van der Waals surface area contributed by atoms with E-state index >= 15 is 0 Å². The summed E-state index contributed by atoms with van der Waals surface area (Å²) in [6, 6.07) is 9.58. The molecular formula is C13H10BrClN2S. The van der Waals surface area contributed by atoms with Crippen molar-refractivity contribution in [2.24, 2.45) is 0 Å². The molecule has 18 heavy (non-hydrogen) atoms. The fourth-order valence-corrected chi connectivity index (χ4v) is 3.34. The van der Waals surface area contributed by atoms with Gasteiger partial charge in [0.25, 0.3) is 0 Å². The number of nitrogens with zero attached hydrogens (tertiary/aromatic N) is 2. The van der Waals surface area contributed by atoms with Crippen molar-refractivity contribution >= 4 is 44.6 Å². The molecule has 0 N–H and O–H groups in total. The van der Waals surface area contributed by atoms with Gasteiger partial charge in [0, 0.05) is 26.8 Å². The van der Waals surface area contributed by atoms with Crippen LogP contribution in [0.3, 0.4) is 0 Å². The van der Waals surface area contributed by atoms with E-state index in [-0.39, 0.29) is 0 Å². The Hall–Kier alpha value is -1.02. The van der Waals surface area contributed by atoms with Crippen molar-refractivity contribution in [1.29, 1.82) is 5.26 Å². The maximum atomic E-state index is 9.10. The van der Waals surface area contributed by atoms with Gasteiger partial charge < -0.3 is 4.90 Å². The molecule has 5 heteroatoms. The number of halogens is 2. The quantitative estimate of drug-likeness (QED) is 0.811. The SMILES string of the molecule is CN(Cc1cc(Br)cs1)c1cc(Cl)ccc1C#N. The minimum atomic E-state index is 0.637. The lowest BCUT2D eigenvalue weighted by Crippen LogP contribution is -2.16. The predicted octanol–water partition coefficient (Wildman–Crippen LogP) is 4.67. The van der Waals surface area contributed by atoms with Gasteiger partial charge in [0.2, 0.25) is 0 Å². The summed E-state index contributed by atoms with van der Waals surface area (Å²) in [4.78, 5) is 3.26. The Morgan fingerprint density at radius 1 is 1.44 bits per heavy atom. The predicted molar refractivity (Wildman–Crippen MR) is 80.3 cm³/mol. The lowest BCUT2D eigenvalue weighted by atomic mass is 10.2. The van der Waals surface area contributed by atoms with Crippen LogP contribution in [0.4, 0.5) is 5.69 Å². The van der Waals surface area contributed by atoms with E-state index in [4.69, 9.17) is 16.9 Å². The molecule has 1 aromatic carbocycles. The van der Waals surface area contributed by atoms with Crippen LogP contribution in [0, 0.1) is 11.3 Å². The average molecular weight is 342 g/mol. The van der Waals surface area contributed by atoms with E-state index < -0.39 is 0 Å². The summed E-state index contributed by atoms with van der Waals surface area (Å²) < 4.78 is 1.09. The number of thiophene rings is 1. The summed E-state index contributed by atoms with van der Waals surface area (Å²) >= 11 is 11.1. The monoisotopic (exact) mass is 340 g/mol. The fraction of sp³-hybridized carbons (Fsp3) is 0.154. The molecule has 0 unspecified atom stereocenters. The molecule has 0 aliphatic carbocycles. The lowest BCUT2D eigenvalue weighted by Gasteiger charge is -2.19. The van der Waals surface area contributed by atoms with Gasteiger partial charge in [-0.3, -0.25) is 0 Å². The molecule has 0 saturated heterocycles. The van der Waals surface area contributed by atoms with Crippen molar-refractivity contribution in [3.05, 3.63) is 49.6 Å². The summed E-state index contributed by atoms with van der Waals surface area (Å²) in [6.07, 6.45) is 0. The lowest BCUT2D eigenvalue weighted by molar-refractivity contribution is 0.937. The maximum Gasteiger partial charge on any atom is 0.101 e. The maximum absolute atomic E-state index is 9.10. The molecule has 0 aliphatic rings. The Kier molecular flexibility index (Phi) is 4.28. The number of rotatable bonds is 3. The summed E-state index contributed by atoms with van der Waals surface area (Å²) in [5.41, 5.74) is 1.49. The molecule has 1 aromatic heterocycles. The molecule has 0 amide bonds. The minimum Gasteiger partial charge on any atom is -0.368 e. The van der Waals surface area contributed by atoms with Crippen LogP contribution in [0.1, 0.15) is 10.4 Å². The molecule has 1 heterocycles. The highest BCUT2D eigenvalue weighted by Crippen LogP contribution is 2.27. The second-order valence-electron chi connectivity index (χ2n) is 3.86. The number of hydrogen-bond acceptors (Lipinski definition) is 3. The van der Waals surface area contributed by atoms with Crippen molar-refractivity contribution in [3.63, 3.8) is 0 Å². The fourth-order valence-electron chi connectivity index (χ4n) is 1.67. The largest absolute Gasteiger partial charge is 0.368 e. The zero-order valence-electron chi connectivity index (χ0n) is 9.65. The Morgan fingerprint density at radius 3 is 2.83 bits per heavy atom. The average Bonchev–Trinajstić information content (AvgIpc) is 2.74. The first-order valence-electron chi connectivity index (χ1n) is 5.24. The Bertz CT molecular complexity index is 603. The van der Waals surface area contributed by atoms with E-state index in [1.54, 1.807) is 23.5 Å². The van der Waals surface area contributed by atoms with Crippen molar-refractivity contribution in [2.45, 2.75) is 6.54 Å². The molecule has 2 aromatic rings. The molecular weight excluding hydrogens is 332 g/mol. The van der Waals surface area contributed by atoms with Crippen LogP contribution in [-0.2, 0) is 6.54 Å². The van der Waals surface area contributed by atoms with Gasteiger partial charge in [-0.1, -0.05) is 11.6 Å². The highest BCUT2D eigenvalue weighted by Gasteiger charge is 2.09. The summed E-state index contributed by atoms with van der Waals surface area (Å²) in [5.74, 6) is 0. The molecule has 0 aliphatic heterocycles. The zero-order valence-corrected chi connectivity index (χ0v) is 12.8. The van der Waals surface area contributed by atoms with E-state index in [0.717, 1.165) is 16.7 Å². The molecule has 2 nitrogen and oxygen atoms in total. The molecule has 0 radical (unpaired) electrons. The van der Waals surface area contributed by atoms with Crippen LogP contribution in [-0.4, -0.2) is 7.05 Å². The van der Waals surface area contributed by atoms with Crippen molar-refractivity contribution in [2.75, 3.05) is 11.9 Å². The molecule has 0 fully saturated rings. The summed E-state index contributed by atoms with van der Waals surface area (Å²) in [6.45, 7) is 0.755. The van der Waals surface area contributed by atoms with Crippen LogP contribution >= 0.6 is 38.9 Å². The smallest absolute Gasteiger partial charge is 0.101 e. The van der Waals surface area contributed by atoms with Crippen LogP contribution < -0.4 is 4.90 Å². The van der Waals surface area contributed by atoms with Gasteiger partial charge in [-0.25, -0.2) is 0 Å². The normalized spacial score (nSPS) is 10.1. The van der Waals surface area contributed by atoms with E-state index in [1.807, 2.05) is 23.4 Å². The van der Waals surface area contributed by atoms with Crippen molar-refractivity contribution in [1.82, 2.24) is 0 Å². The second-order valence-corrected chi connectivity index (χ2v) is 6.21. The highest BCUT2D eigenvalue weighted by atomic mass is 79.9. The summed E-state index contributed by atoms with van der Waals surface area (Å²) in [5, 5.41) is 11.8. The van der Waals surface area contributed by atoms with Crippen LogP contribution in [0.25, 0.3) is 0 Å². The number of nitriles is 1. The van der Waals surface area contributed by atoms with Gasteiger partial charge in [0.1, 0.15) is 6.07 Å². The Morgan fingerprint density at radius 2 is 2.22 bits per heavy atom. The molecule has 2 rings (SSSR count). The van der Waals surface area contributed by atoms with Crippen LogP contribution in [0.2, 0.25) is 5.02 Å². The van der Waals surface area contributed by atoms with E-state index in [2.05, 4.69) is 28.1 Å². The first-order valence-corrected chi connectivity index (χ1v) is 7.29. The van der Waals surface area contributed by atoms with Crippen molar-refractivity contribution < 1.29 is 0 Å².